The Bertz CT molecular complexity index is 558. The molecule has 2 rings (SSSR count). The van der Waals surface area contributed by atoms with Crippen molar-refractivity contribution < 1.29 is 25.8 Å². The monoisotopic (exact) mass is 452 g/mol. The van der Waals surface area contributed by atoms with Gasteiger partial charge in [-0.05, 0) is 49.0 Å². The van der Waals surface area contributed by atoms with Crippen molar-refractivity contribution in [3.8, 4) is 0 Å². The minimum Gasteiger partial charge on any atom is -0.381 e. The lowest BCUT2D eigenvalue weighted by Gasteiger charge is -2.42. The Kier molecular flexibility index (Phi) is 5.12. The van der Waals surface area contributed by atoms with E-state index in [1.807, 2.05) is 0 Å². The van der Waals surface area contributed by atoms with Gasteiger partial charge in [0.1, 0.15) is 5.76 Å². The molecule has 0 spiro atoms. The number of allylic oxidation sites excluding steroid dienone is 2. The molecule has 2 aliphatic rings. The van der Waals surface area contributed by atoms with Crippen molar-refractivity contribution >= 4 is 32.7 Å². The number of hydrogen-bond donors (Lipinski definition) is 0. The summed E-state index contributed by atoms with van der Waals surface area (Å²) in [5, 5.41) is 0. The maximum Gasteiger partial charge on any atom is 0.534 e. The van der Waals surface area contributed by atoms with E-state index in [-0.39, 0.29) is 17.1 Å². The average molecular weight is 452 g/mol. The second-order valence-corrected chi connectivity index (χ2v) is 8.92. The molecule has 128 valence electrons. The summed E-state index contributed by atoms with van der Waals surface area (Å²) >= 11 is 2.32. The Morgan fingerprint density at radius 3 is 2.64 bits per heavy atom. The Morgan fingerprint density at radius 2 is 2.09 bits per heavy atom. The molecule has 0 aromatic heterocycles. The van der Waals surface area contributed by atoms with E-state index in [9.17, 15) is 21.6 Å². The quantitative estimate of drug-likeness (QED) is 0.270. The predicted molar refractivity (Wildman–Crippen MR) is 85.7 cm³/mol. The molecule has 0 bridgehead atoms. The smallest absolute Gasteiger partial charge is 0.381 e. The molecular formula is C14H20F3IO3S. The maximum absolute atomic E-state index is 12.5. The zero-order valence-electron chi connectivity index (χ0n) is 12.5. The molecule has 4 atom stereocenters. The topological polar surface area (TPSA) is 43.4 Å². The minimum atomic E-state index is -5.58. The van der Waals surface area contributed by atoms with Gasteiger partial charge in [0.2, 0.25) is 0 Å². The van der Waals surface area contributed by atoms with E-state index in [1.54, 1.807) is 0 Å². The molecule has 3 nitrogen and oxygen atoms in total. The zero-order chi connectivity index (χ0) is 16.8. The van der Waals surface area contributed by atoms with Gasteiger partial charge in [0, 0.05) is 10.3 Å². The van der Waals surface area contributed by atoms with Crippen molar-refractivity contribution in [1.82, 2.24) is 0 Å². The first kappa shape index (κ1) is 18.4. The molecule has 0 saturated heterocycles. The van der Waals surface area contributed by atoms with E-state index in [4.69, 9.17) is 0 Å². The summed E-state index contributed by atoms with van der Waals surface area (Å²) in [6, 6.07) is 0. The molecule has 0 unspecified atom stereocenters. The molecule has 2 aliphatic carbocycles. The Balaban J connectivity index is 2.26. The predicted octanol–water partition coefficient (Wildman–Crippen LogP) is 4.63. The third-order valence-electron chi connectivity index (χ3n) is 5.20. The van der Waals surface area contributed by atoms with Gasteiger partial charge in [0.25, 0.3) is 0 Å². The molecular weight excluding hydrogens is 432 g/mol. The highest BCUT2D eigenvalue weighted by atomic mass is 127. The molecule has 0 N–H and O–H groups in total. The molecule has 1 fully saturated rings. The number of hydrogen-bond acceptors (Lipinski definition) is 3. The molecule has 0 radical (unpaired) electrons. The second kappa shape index (κ2) is 6.14. The summed E-state index contributed by atoms with van der Waals surface area (Å²) in [6.45, 7) is 4.21. The van der Waals surface area contributed by atoms with E-state index in [2.05, 4.69) is 40.6 Å². The van der Waals surface area contributed by atoms with Gasteiger partial charge in [-0.15, -0.1) is 0 Å². The molecule has 1 saturated carbocycles. The van der Waals surface area contributed by atoms with Crippen LogP contribution >= 0.6 is 22.6 Å². The lowest BCUT2D eigenvalue weighted by molar-refractivity contribution is -0.0536. The second-order valence-electron chi connectivity index (χ2n) is 6.50. The fraction of sp³-hybridized carbons (Fsp3) is 0.857. The highest BCUT2D eigenvalue weighted by molar-refractivity contribution is 14.1. The standard InChI is InChI=1S/C14H20F3IO3S/c1-9(8-18)10-5-6-11-12(4-3-7-13(10,11)2)21-22(19,20)14(15,16)17/h4,9-11H,3,5-8H2,1-2H3/t9-,10-,11+,13-/m1/s1. The number of fused-ring (bicyclic) bond motifs is 1. The first-order valence-corrected chi connectivity index (χ1v) is 10.2. The van der Waals surface area contributed by atoms with Crippen molar-refractivity contribution in [2.45, 2.75) is 45.0 Å². The zero-order valence-corrected chi connectivity index (χ0v) is 15.5. The Hall–Kier alpha value is 0.0100. The van der Waals surface area contributed by atoms with Crippen molar-refractivity contribution in [1.29, 1.82) is 0 Å². The minimum absolute atomic E-state index is 0.00534. The summed E-state index contributed by atoms with van der Waals surface area (Å²) in [6.07, 6.45) is 4.52. The Labute approximate surface area is 142 Å². The lowest BCUT2D eigenvalue weighted by atomic mass is 9.64. The summed E-state index contributed by atoms with van der Waals surface area (Å²) < 4.78 is 65.7. The third kappa shape index (κ3) is 3.14. The SMILES string of the molecule is C[C@H](CI)[C@H]1CC[C@H]2C(OS(=O)(=O)C(F)(F)F)=CCC[C@]12C. The van der Waals surface area contributed by atoms with Crippen LogP contribution in [0.15, 0.2) is 11.8 Å². The van der Waals surface area contributed by atoms with Gasteiger partial charge in [0.15, 0.2) is 0 Å². The van der Waals surface area contributed by atoms with E-state index < -0.39 is 15.6 Å². The van der Waals surface area contributed by atoms with Crippen LogP contribution in [0.3, 0.4) is 0 Å². The van der Waals surface area contributed by atoms with E-state index >= 15 is 0 Å². The van der Waals surface area contributed by atoms with Crippen LogP contribution in [0.4, 0.5) is 13.2 Å². The first-order valence-electron chi connectivity index (χ1n) is 7.29. The molecule has 0 heterocycles. The summed E-state index contributed by atoms with van der Waals surface area (Å²) in [7, 11) is -5.58. The van der Waals surface area contributed by atoms with E-state index in [1.165, 1.54) is 6.08 Å². The van der Waals surface area contributed by atoms with Gasteiger partial charge < -0.3 is 4.18 Å². The summed E-state index contributed by atoms with van der Waals surface area (Å²) in [5.74, 6) is 0.590. The van der Waals surface area contributed by atoms with Crippen LogP contribution in [0.5, 0.6) is 0 Å². The summed E-state index contributed by atoms with van der Waals surface area (Å²) in [5.41, 5.74) is -5.56. The van der Waals surface area contributed by atoms with Gasteiger partial charge in [0.05, 0.1) is 0 Å². The molecule has 8 heteroatoms. The number of rotatable bonds is 4. The van der Waals surface area contributed by atoms with Crippen LogP contribution in [0.25, 0.3) is 0 Å². The van der Waals surface area contributed by atoms with Crippen LogP contribution in [-0.4, -0.2) is 18.4 Å². The first-order chi connectivity index (χ1) is 10.0. The van der Waals surface area contributed by atoms with E-state index in [0.29, 0.717) is 24.7 Å². The van der Waals surface area contributed by atoms with Crippen LogP contribution in [0, 0.1) is 23.2 Å². The highest BCUT2D eigenvalue weighted by Gasteiger charge is 2.54. The van der Waals surface area contributed by atoms with Gasteiger partial charge in [-0.3, -0.25) is 0 Å². The van der Waals surface area contributed by atoms with Crippen LogP contribution < -0.4 is 0 Å². The average Bonchev–Trinajstić information content (AvgIpc) is 2.74. The van der Waals surface area contributed by atoms with Crippen LogP contribution in [0.2, 0.25) is 0 Å². The largest absolute Gasteiger partial charge is 0.534 e. The van der Waals surface area contributed by atoms with Crippen molar-refractivity contribution in [2.75, 3.05) is 4.43 Å². The van der Waals surface area contributed by atoms with Crippen molar-refractivity contribution in [3.63, 3.8) is 0 Å². The van der Waals surface area contributed by atoms with Crippen molar-refractivity contribution in [3.05, 3.63) is 11.8 Å². The lowest BCUT2D eigenvalue weighted by Crippen LogP contribution is -2.37. The maximum atomic E-state index is 12.5. The normalized spacial score (nSPS) is 34.0. The number of halogens is 4. The van der Waals surface area contributed by atoms with Crippen LogP contribution in [-0.2, 0) is 14.3 Å². The molecule has 0 aliphatic heterocycles. The van der Waals surface area contributed by atoms with Gasteiger partial charge >= 0.3 is 15.6 Å². The van der Waals surface area contributed by atoms with Crippen molar-refractivity contribution in [2.24, 2.45) is 23.2 Å². The van der Waals surface area contributed by atoms with Gasteiger partial charge in [-0.2, -0.15) is 21.6 Å². The Morgan fingerprint density at radius 1 is 1.45 bits per heavy atom. The number of alkyl halides is 4. The molecule has 0 aromatic rings. The fourth-order valence-corrected chi connectivity index (χ4v) is 5.21. The van der Waals surface area contributed by atoms with Crippen LogP contribution in [0.1, 0.15) is 39.5 Å². The third-order valence-corrected chi connectivity index (χ3v) is 7.57. The van der Waals surface area contributed by atoms with E-state index in [0.717, 1.165) is 17.3 Å². The fourth-order valence-electron chi connectivity index (χ4n) is 4.07. The molecule has 0 amide bonds. The molecule has 22 heavy (non-hydrogen) atoms. The highest BCUT2D eigenvalue weighted by Crippen LogP contribution is 2.58. The van der Waals surface area contributed by atoms with Gasteiger partial charge in [-0.1, -0.05) is 36.4 Å². The molecule has 0 aromatic carbocycles. The van der Waals surface area contributed by atoms with Gasteiger partial charge in [-0.25, -0.2) is 0 Å². The summed E-state index contributed by atoms with van der Waals surface area (Å²) in [4.78, 5) is 0.